The summed E-state index contributed by atoms with van der Waals surface area (Å²) < 4.78 is 43.8. The first-order chi connectivity index (χ1) is 15.3. The molecule has 0 fully saturated rings. The van der Waals surface area contributed by atoms with Gasteiger partial charge in [0.05, 0.1) is 21.9 Å². The molecule has 0 aliphatic heterocycles. The van der Waals surface area contributed by atoms with Crippen molar-refractivity contribution >= 4 is 43.8 Å². The van der Waals surface area contributed by atoms with Crippen molar-refractivity contribution in [3.05, 3.63) is 99.7 Å². The molecule has 32 heavy (non-hydrogen) atoms. The molecule has 0 spiro atoms. The Balaban J connectivity index is 1.45. The Hall–Kier alpha value is -3.01. The number of nitrogens with zero attached hydrogens (tertiary/aromatic N) is 1. The zero-order chi connectivity index (χ0) is 22.7. The zero-order valence-electron chi connectivity index (χ0n) is 16.4. The van der Waals surface area contributed by atoms with E-state index in [1.54, 1.807) is 30.5 Å². The van der Waals surface area contributed by atoms with E-state index in [0.29, 0.717) is 11.6 Å². The summed E-state index contributed by atoms with van der Waals surface area (Å²) in [6.07, 6.45) is 3.34. The number of benzene rings is 2. The molecule has 6 nitrogen and oxygen atoms in total. The van der Waals surface area contributed by atoms with Crippen LogP contribution in [0.5, 0.6) is 0 Å². The first-order valence-corrected chi connectivity index (χ1v) is 12.2. The quantitative estimate of drug-likeness (QED) is 0.377. The van der Waals surface area contributed by atoms with Crippen molar-refractivity contribution in [2.45, 2.75) is 17.1 Å². The second-order valence-electron chi connectivity index (χ2n) is 6.86. The number of hydrogen-bond donors (Lipinski definition) is 1. The topological polar surface area (TPSA) is 89.3 Å². The van der Waals surface area contributed by atoms with Crippen LogP contribution in [0.4, 0.5) is 9.52 Å². The molecule has 0 unspecified atom stereocenters. The number of thiazole rings is 1. The van der Waals surface area contributed by atoms with Crippen molar-refractivity contribution in [2.24, 2.45) is 0 Å². The lowest BCUT2D eigenvalue weighted by atomic mass is 10.1. The van der Waals surface area contributed by atoms with E-state index in [9.17, 15) is 17.6 Å². The second kappa shape index (κ2) is 9.23. The van der Waals surface area contributed by atoms with Crippen LogP contribution in [0, 0.1) is 5.82 Å². The highest BCUT2D eigenvalue weighted by molar-refractivity contribution is 7.90. The number of carbonyl (C=O) groups excluding carboxylic acids is 1. The summed E-state index contributed by atoms with van der Waals surface area (Å²) >= 11 is 7.05. The second-order valence-corrected chi connectivity index (χ2v) is 10.4. The lowest BCUT2D eigenvalue weighted by Crippen LogP contribution is -2.14. The van der Waals surface area contributed by atoms with E-state index in [2.05, 4.69) is 10.3 Å². The van der Waals surface area contributed by atoms with Gasteiger partial charge in [-0.05, 0) is 35.9 Å². The number of aromatic nitrogens is 1. The summed E-state index contributed by atoms with van der Waals surface area (Å²) in [4.78, 5) is 17.8. The minimum Gasteiger partial charge on any atom is -0.459 e. The molecule has 2 heterocycles. The third kappa shape index (κ3) is 5.07. The smallest absolute Gasteiger partial charge is 0.293 e. The Morgan fingerprint density at radius 3 is 2.69 bits per heavy atom. The summed E-state index contributed by atoms with van der Waals surface area (Å²) in [6.45, 7) is 0. The number of halogens is 2. The van der Waals surface area contributed by atoms with Gasteiger partial charge < -0.3 is 4.42 Å². The van der Waals surface area contributed by atoms with Crippen LogP contribution in [0.1, 0.15) is 26.6 Å². The van der Waals surface area contributed by atoms with Gasteiger partial charge in [-0.2, -0.15) is 0 Å². The van der Waals surface area contributed by atoms with E-state index in [0.717, 1.165) is 10.4 Å². The minimum atomic E-state index is -3.64. The van der Waals surface area contributed by atoms with E-state index in [4.69, 9.17) is 16.0 Å². The summed E-state index contributed by atoms with van der Waals surface area (Å²) in [5.74, 6) is -1.55. The zero-order valence-corrected chi connectivity index (χ0v) is 18.8. The summed E-state index contributed by atoms with van der Waals surface area (Å²) in [7, 11) is -3.64. The SMILES string of the molecule is O=C(Nc1ncc(Cc2ccc(F)c(Cl)c2)s1)c1occc1CS(=O)(=O)c1ccccc1. The highest BCUT2D eigenvalue weighted by atomic mass is 35.5. The fourth-order valence-corrected chi connectivity index (χ4v) is 5.44. The van der Waals surface area contributed by atoms with Gasteiger partial charge in [0.2, 0.25) is 0 Å². The summed E-state index contributed by atoms with van der Waals surface area (Å²) in [5.41, 5.74) is 1.06. The Kier molecular flexibility index (Phi) is 6.40. The summed E-state index contributed by atoms with van der Waals surface area (Å²) in [5, 5.41) is 2.99. The van der Waals surface area contributed by atoms with Crippen LogP contribution in [-0.4, -0.2) is 19.3 Å². The Morgan fingerprint density at radius 1 is 1.16 bits per heavy atom. The van der Waals surface area contributed by atoms with Gasteiger partial charge in [-0.1, -0.05) is 35.9 Å². The predicted molar refractivity (Wildman–Crippen MR) is 120 cm³/mol. The number of nitrogens with one attached hydrogen (secondary N) is 1. The van der Waals surface area contributed by atoms with Gasteiger partial charge in [-0.15, -0.1) is 11.3 Å². The number of rotatable bonds is 7. The third-order valence-electron chi connectivity index (χ3n) is 4.54. The van der Waals surface area contributed by atoms with Crippen LogP contribution in [0.3, 0.4) is 0 Å². The Morgan fingerprint density at radius 2 is 1.94 bits per heavy atom. The number of anilines is 1. The van der Waals surface area contributed by atoms with Crippen LogP contribution in [0.2, 0.25) is 5.02 Å². The van der Waals surface area contributed by atoms with Gasteiger partial charge >= 0.3 is 0 Å². The molecule has 10 heteroatoms. The molecule has 0 saturated carbocycles. The molecule has 1 N–H and O–H groups in total. The van der Waals surface area contributed by atoms with Crippen molar-refractivity contribution in [2.75, 3.05) is 5.32 Å². The molecule has 2 aromatic heterocycles. The first kappa shape index (κ1) is 22.2. The number of carbonyl (C=O) groups is 1. The van der Waals surface area contributed by atoms with Gasteiger partial charge in [0.15, 0.2) is 20.7 Å². The number of amides is 1. The van der Waals surface area contributed by atoms with Crippen molar-refractivity contribution in [1.29, 1.82) is 0 Å². The highest BCUT2D eigenvalue weighted by Gasteiger charge is 2.23. The first-order valence-electron chi connectivity index (χ1n) is 9.36. The Bertz CT molecular complexity index is 1370. The van der Waals surface area contributed by atoms with Crippen LogP contribution in [-0.2, 0) is 22.0 Å². The number of sulfone groups is 1. The van der Waals surface area contributed by atoms with Crippen molar-refractivity contribution in [1.82, 2.24) is 4.98 Å². The lowest BCUT2D eigenvalue weighted by Gasteiger charge is -2.05. The van der Waals surface area contributed by atoms with Crippen LogP contribution >= 0.6 is 22.9 Å². The van der Waals surface area contributed by atoms with Crippen LogP contribution in [0.25, 0.3) is 0 Å². The largest absolute Gasteiger partial charge is 0.459 e. The maximum absolute atomic E-state index is 13.3. The lowest BCUT2D eigenvalue weighted by molar-refractivity contribution is 0.0995. The van der Waals surface area contributed by atoms with Crippen LogP contribution in [0.15, 0.2) is 76.4 Å². The van der Waals surface area contributed by atoms with Gasteiger partial charge in [-0.3, -0.25) is 10.1 Å². The molecule has 4 rings (SSSR count). The molecular formula is C22H16ClFN2O4S2. The molecule has 4 aromatic rings. The highest BCUT2D eigenvalue weighted by Crippen LogP contribution is 2.25. The normalized spacial score (nSPS) is 11.4. The molecular weight excluding hydrogens is 475 g/mol. The number of hydrogen-bond acceptors (Lipinski definition) is 6. The molecule has 0 aliphatic rings. The van der Waals surface area contributed by atoms with Gasteiger partial charge in [-0.25, -0.2) is 17.8 Å². The molecule has 1 amide bonds. The fraction of sp³-hybridized carbons (Fsp3) is 0.0909. The van der Waals surface area contributed by atoms with Crippen molar-refractivity contribution in [3.63, 3.8) is 0 Å². The molecule has 0 bridgehead atoms. The average Bonchev–Trinajstić information content (AvgIpc) is 3.40. The molecule has 0 saturated heterocycles. The van der Waals surface area contributed by atoms with Crippen LogP contribution < -0.4 is 5.32 Å². The molecule has 0 atom stereocenters. The standard InChI is InChI=1S/C22H16ClFN2O4S2/c23-18-11-14(6-7-19(18)24)10-16-12-25-22(31-16)26-21(27)20-15(8-9-30-20)13-32(28,29)17-4-2-1-3-5-17/h1-9,11-12H,10,13H2,(H,25,26,27). The van der Waals surface area contributed by atoms with E-state index < -0.39 is 21.6 Å². The molecule has 0 aliphatic carbocycles. The molecule has 164 valence electrons. The molecule has 2 aromatic carbocycles. The monoisotopic (exact) mass is 490 g/mol. The predicted octanol–water partition coefficient (Wildman–Crippen LogP) is 5.35. The molecule has 0 radical (unpaired) electrons. The van der Waals surface area contributed by atoms with E-state index in [1.165, 1.54) is 47.9 Å². The third-order valence-corrected chi connectivity index (χ3v) is 7.42. The van der Waals surface area contributed by atoms with Gasteiger partial charge in [0, 0.05) is 23.1 Å². The summed E-state index contributed by atoms with van der Waals surface area (Å²) in [6, 6.07) is 13.9. The maximum atomic E-state index is 13.3. The number of furan rings is 1. The van der Waals surface area contributed by atoms with Crippen molar-refractivity contribution in [3.8, 4) is 0 Å². The minimum absolute atomic E-state index is 0.0383. The fourth-order valence-electron chi connectivity index (χ4n) is 3.02. The average molecular weight is 491 g/mol. The van der Waals surface area contributed by atoms with Gasteiger partial charge in [0.25, 0.3) is 5.91 Å². The van der Waals surface area contributed by atoms with E-state index in [1.807, 2.05) is 0 Å². The Labute approximate surface area is 192 Å². The van der Waals surface area contributed by atoms with Crippen molar-refractivity contribution < 1.29 is 22.0 Å². The van der Waals surface area contributed by atoms with Gasteiger partial charge in [0.1, 0.15) is 5.82 Å². The van der Waals surface area contributed by atoms with E-state index in [-0.39, 0.29) is 27.0 Å². The maximum Gasteiger partial charge on any atom is 0.293 e. The van der Waals surface area contributed by atoms with E-state index >= 15 is 0 Å².